The zero-order valence-electron chi connectivity index (χ0n) is 14.3. The molecule has 3 rings (SSSR count). The largest absolute Gasteiger partial charge is 0.415 e. The van der Waals surface area contributed by atoms with Crippen LogP contribution in [0.3, 0.4) is 0 Å². The van der Waals surface area contributed by atoms with E-state index in [1.807, 2.05) is 31.2 Å². The van der Waals surface area contributed by atoms with Gasteiger partial charge in [0.1, 0.15) is 6.04 Å². The summed E-state index contributed by atoms with van der Waals surface area (Å²) in [5.74, 6) is 0.817. The van der Waals surface area contributed by atoms with Crippen LogP contribution in [0.15, 0.2) is 52.9 Å². The van der Waals surface area contributed by atoms with Gasteiger partial charge < -0.3 is 9.73 Å². The number of benzene rings is 2. The molecule has 0 aliphatic heterocycles. The number of nitro benzene ring substituents is 1. The van der Waals surface area contributed by atoms with Crippen molar-refractivity contribution in [1.82, 2.24) is 10.2 Å². The summed E-state index contributed by atoms with van der Waals surface area (Å²) in [4.78, 5) is 10.3. The van der Waals surface area contributed by atoms with Crippen molar-refractivity contribution in [2.45, 2.75) is 25.9 Å². The van der Waals surface area contributed by atoms with Crippen LogP contribution in [0.4, 0.5) is 5.69 Å². The number of nitrogens with zero attached hydrogens (tertiary/aromatic N) is 3. The maximum atomic E-state index is 10.7. The van der Waals surface area contributed by atoms with Crippen molar-refractivity contribution >= 4 is 17.3 Å². The second kappa shape index (κ2) is 7.63. The fourth-order valence-electron chi connectivity index (χ4n) is 2.72. The normalized spacial score (nSPS) is 13.3. The fourth-order valence-corrected chi connectivity index (χ4v) is 3.03. The molecular weight excluding hydrogens is 356 g/mol. The van der Waals surface area contributed by atoms with Crippen molar-refractivity contribution in [1.29, 1.82) is 0 Å². The standard InChI is InChI=1S/C18H17ClN4O3/c1-11(15-5-3-4-6-16(15)19)20-12(2)17-21-22-18(26-17)13-7-9-14(10-8-13)23(24)25/h3-12,20H,1-2H3/p+1/t11-,12+/m0/s1. The maximum Gasteiger partial charge on any atom is 0.274 e. The molecule has 3 aromatic rings. The minimum Gasteiger partial charge on any atom is -0.415 e. The van der Waals surface area contributed by atoms with Gasteiger partial charge in [-0.05, 0) is 32.0 Å². The Hall–Kier alpha value is -2.77. The topological polar surface area (TPSA) is 98.7 Å². The fraction of sp³-hybridized carbons (Fsp3) is 0.222. The minimum atomic E-state index is -0.448. The number of hydrogen-bond donors (Lipinski definition) is 1. The lowest BCUT2D eigenvalue weighted by molar-refractivity contribution is -0.730. The van der Waals surface area contributed by atoms with Crippen LogP contribution in [0, 0.1) is 10.1 Å². The van der Waals surface area contributed by atoms with Crippen molar-refractivity contribution < 1.29 is 14.7 Å². The van der Waals surface area contributed by atoms with Gasteiger partial charge in [0.2, 0.25) is 5.89 Å². The first kappa shape index (κ1) is 18.0. The lowest BCUT2D eigenvalue weighted by atomic mass is 10.1. The SMILES string of the molecule is C[C@H]([NH2+][C@H](C)c1nnc(-c2ccc([N+](=O)[O-])cc2)o1)c1ccccc1Cl. The Kier molecular flexibility index (Phi) is 5.29. The quantitative estimate of drug-likeness (QED) is 0.524. The first-order chi connectivity index (χ1) is 12.5. The van der Waals surface area contributed by atoms with Crippen LogP contribution in [0.25, 0.3) is 11.5 Å². The summed E-state index contributed by atoms with van der Waals surface area (Å²) in [6.45, 7) is 4.03. The highest BCUT2D eigenvalue weighted by molar-refractivity contribution is 6.31. The molecule has 0 bridgehead atoms. The molecule has 0 spiro atoms. The third kappa shape index (κ3) is 3.89. The molecule has 134 valence electrons. The van der Waals surface area contributed by atoms with Crippen LogP contribution in [0.5, 0.6) is 0 Å². The number of hydrogen-bond acceptors (Lipinski definition) is 5. The van der Waals surface area contributed by atoms with Crippen LogP contribution >= 0.6 is 11.6 Å². The van der Waals surface area contributed by atoms with Crippen molar-refractivity contribution in [3.63, 3.8) is 0 Å². The molecule has 0 unspecified atom stereocenters. The molecule has 2 aromatic carbocycles. The van der Waals surface area contributed by atoms with E-state index >= 15 is 0 Å². The van der Waals surface area contributed by atoms with Crippen LogP contribution < -0.4 is 5.32 Å². The van der Waals surface area contributed by atoms with E-state index < -0.39 is 4.92 Å². The van der Waals surface area contributed by atoms with Crippen LogP contribution in [-0.2, 0) is 0 Å². The zero-order valence-corrected chi connectivity index (χ0v) is 15.1. The van der Waals surface area contributed by atoms with Gasteiger partial charge in [0.05, 0.1) is 4.92 Å². The van der Waals surface area contributed by atoms with Gasteiger partial charge in [-0.1, -0.05) is 29.8 Å². The van der Waals surface area contributed by atoms with E-state index in [-0.39, 0.29) is 17.8 Å². The predicted molar refractivity (Wildman–Crippen MR) is 96.6 cm³/mol. The Morgan fingerprint density at radius 2 is 1.77 bits per heavy atom. The number of aromatic nitrogens is 2. The number of halogens is 1. The second-order valence-corrected chi connectivity index (χ2v) is 6.45. The average molecular weight is 374 g/mol. The molecule has 1 aromatic heterocycles. The van der Waals surface area contributed by atoms with Crippen molar-refractivity contribution in [3.05, 3.63) is 75.1 Å². The van der Waals surface area contributed by atoms with E-state index in [9.17, 15) is 10.1 Å². The smallest absolute Gasteiger partial charge is 0.274 e. The summed E-state index contributed by atoms with van der Waals surface area (Å²) in [7, 11) is 0. The van der Waals surface area contributed by atoms with E-state index in [2.05, 4.69) is 22.4 Å². The number of quaternary nitrogens is 1. The van der Waals surface area contributed by atoms with Crippen molar-refractivity contribution in [2.24, 2.45) is 0 Å². The molecule has 7 nitrogen and oxygen atoms in total. The number of non-ortho nitro benzene ring substituents is 1. The Balaban J connectivity index is 1.72. The Morgan fingerprint density at radius 1 is 1.08 bits per heavy atom. The number of nitro groups is 1. The molecule has 2 N–H and O–H groups in total. The number of nitrogens with two attached hydrogens (primary N) is 1. The molecule has 0 aliphatic rings. The van der Waals surface area contributed by atoms with Crippen LogP contribution in [-0.4, -0.2) is 15.1 Å². The summed E-state index contributed by atoms with van der Waals surface area (Å²) in [6, 6.07) is 13.8. The molecule has 8 heteroatoms. The van der Waals surface area contributed by atoms with Gasteiger partial charge in [0.25, 0.3) is 11.6 Å². The maximum absolute atomic E-state index is 10.7. The van der Waals surface area contributed by atoms with Gasteiger partial charge in [0.15, 0.2) is 6.04 Å². The highest BCUT2D eigenvalue weighted by Gasteiger charge is 2.22. The number of rotatable bonds is 6. The molecule has 0 amide bonds. The van der Waals surface area contributed by atoms with Gasteiger partial charge in [-0.25, -0.2) is 0 Å². The first-order valence-corrected chi connectivity index (χ1v) is 8.51. The molecule has 0 aliphatic carbocycles. The minimum absolute atomic E-state index is 0.0174. The molecule has 0 saturated heterocycles. The Bertz CT molecular complexity index is 911. The molecule has 2 atom stereocenters. The van der Waals surface area contributed by atoms with Crippen molar-refractivity contribution in [3.8, 4) is 11.5 Å². The zero-order chi connectivity index (χ0) is 18.7. The summed E-state index contributed by atoms with van der Waals surface area (Å²) in [5, 5.41) is 21.7. The molecule has 0 radical (unpaired) electrons. The van der Waals surface area contributed by atoms with E-state index in [4.69, 9.17) is 16.0 Å². The third-order valence-corrected chi connectivity index (χ3v) is 4.47. The predicted octanol–water partition coefficient (Wildman–Crippen LogP) is 3.68. The molecular formula is C18H18ClN4O3+. The summed E-state index contributed by atoms with van der Waals surface area (Å²) < 4.78 is 5.74. The van der Waals surface area contributed by atoms with E-state index in [1.54, 1.807) is 12.1 Å². The molecule has 0 fully saturated rings. The lowest BCUT2D eigenvalue weighted by Crippen LogP contribution is -2.85. The third-order valence-electron chi connectivity index (χ3n) is 4.13. The van der Waals surface area contributed by atoms with Gasteiger partial charge in [-0.3, -0.25) is 10.1 Å². The van der Waals surface area contributed by atoms with Gasteiger partial charge in [-0.2, -0.15) is 0 Å². The second-order valence-electron chi connectivity index (χ2n) is 6.04. The Morgan fingerprint density at radius 3 is 2.42 bits per heavy atom. The van der Waals surface area contributed by atoms with E-state index in [0.717, 1.165) is 10.6 Å². The summed E-state index contributed by atoms with van der Waals surface area (Å²) in [5.41, 5.74) is 1.69. The van der Waals surface area contributed by atoms with Gasteiger partial charge in [-0.15, -0.1) is 10.2 Å². The van der Waals surface area contributed by atoms with Gasteiger partial charge in [0, 0.05) is 28.3 Å². The van der Waals surface area contributed by atoms with Gasteiger partial charge >= 0.3 is 0 Å². The molecule has 26 heavy (non-hydrogen) atoms. The average Bonchev–Trinajstić information content (AvgIpc) is 3.12. The first-order valence-electron chi connectivity index (χ1n) is 8.13. The van der Waals surface area contributed by atoms with E-state index in [0.29, 0.717) is 17.3 Å². The van der Waals surface area contributed by atoms with E-state index in [1.165, 1.54) is 12.1 Å². The van der Waals surface area contributed by atoms with Crippen LogP contribution in [0.1, 0.15) is 37.4 Å². The summed E-state index contributed by atoms with van der Waals surface area (Å²) in [6.07, 6.45) is 0. The van der Waals surface area contributed by atoms with Crippen LogP contribution in [0.2, 0.25) is 5.02 Å². The molecule has 1 heterocycles. The molecule has 0 saturated carbocycles. The highest BCUT2D eigenvalue weighted by Crippen LogP contribution is 2.23. The monoisotopic (exact) mass is 373 g/mol. The summed E-state index contributed by atoms with van der Waals surface area (Å²) >= 11 is 6.25. The Labute approximate surface area is 155 Å². The lowest BCUT2D eigenvalue weighted by Gasteiger charge is -2.15. The highest BCUT2D eigenvalue weighted by atomic mass is 35.5. The van der Waals surface area contributed by atoms with Crippen molar-refractivity contribution in [2.75, 3.05) is 0 Å².